The molecule has 0 fully saturated rings. The first-order chi connectivity index (χ1) is 13.8. The lowest BCUT2D eigenvalue weighted by atomic mass is 10.1. The molecule has 0 atom stereocenters. The largest absolute Gasteiger partial charge is 0.493 e. The highest BCUT2D eigenvalue weighted by Crippen LogP contribution is 2.30. The molecule has 29 heavy (non-hydrogen) atoms. The van der Waals surface area contributed by atoms with E-state index in [1.165, 1.54) is 11.3 Å². The molecule has 1 heterocycles. The number of guanidine groups is 1. The van der Waals surface area contributed by atoms with Crippen LogP contribution in [-0.4, -0.2) is 60.7 Å². The van der Waals surface area contributed by atoms with Gasteiger partial charge in [-0.25, -0.2) is 13.1 Å². The van der Waals surface area contributed by atoms with Gasteiger partial charge in [0.05, 0.1) is 14.2 Å². The molecule has 0 aliphatic carbocycles. The van der Waals surface area contributed by atoms with Crippen LogP contribution in [0.25, 0.3) is 0 Å². The molecule has 1 aromatic heterocycles. The Hall–Kier alpha value is -2.30. The summed E-state index contributed by atoms with van der Waals surface area (Å²) >= 11 is 1.19. The summed E-state index contributed by atoms with van der Waals surface area (Å²) in [6.45, 7) is 3.28. The van der Waals surface area contributed by atoms with Crippen LogP contribution in [0.1, 0.15) is 11.1 Å². The SMILES string of the molecule is CN=C(NCCNS(=O)(=O)c1cccs1)N(C)Cc1cc(OC)c(OC)cc1C. The second kappa shape index (κ2) is 10.5. The number of hydrogen-bond acceptors (Lipinski definition) is 6. The van der Waals surface area contributed by atoms with Crippen molar-refractivity contribution in [1.82, 2.24) is 14.9 Å². The van der Waals surface area contributed by atoms with Crippen molar-refractivity contribution in [3.63, 3.8) is 0 Å². The lowest BCUT2D eigenvalue weighted by Gasteiger charge is -2.23. The Morgan fingerprint density at radius 3 is 2.48 bits per heavy atom. The number of ether oxygens (including phenoxy) is 2. The standard InChI is InChI=1S/C19H28N4O4S2/c1-14-11-16(26-4)17(27-5)12-15(14)13-23(3)19(20-2)21-8-9-22-29(24,25)18-7-6-10-28-18/h6-7,10-12,22H,8-9,13H2,1-5H3,(H,20,21). The van der Waals surface area contributed by atoms with Gasteiger partial charge in [-0.2, -0.15) is 0 Å². The topological polar surface area (TPSA) is 92.3 Å². The third kappa shape index (κ3) is 6.09. The zero-order valence-corrected chi connectivity index (χ0v) is 19.0. The monoisotopic (exact) mass is 440 g/mol. The molecule has 160 valence electrons. The van der Waals surface area contributed by atoms with E-state index in [4.69, 9.17) is 9.47 Å². The Morgan fingerprint density at radius 2 is 1.90 bits per heavy atom. The van der Waals surface area contributed by atoms with E-state index >= 15 is 0 Å². The lowest BCUT2D eigenvalue weighted by molar-refractivity contribution is 0.353. The zero-order valence-electron chi connectivity index (χ0n) is 17.4. The molecule has 0 saturated heterocycles. The van der Waals surface area contributed by atoms with E-state index in [2.05, 4.69) is 15.0 Å². The Morgan fingerprint density at radius 1 is 1.21 bits per heavy atom. The summed E-state index contributed by atoms with van der Waals surface area (Å²) in [6.07, 6.45) is 0. The number of thiophene rings is 1. The molecule has 0 amide bonds. The Labute approximate surface area is 176 Å². The summed E-state index contributed by atoms with van der Waals surface area (Å²) in [5.74, 6) is 2.03. The van der Waals surface area contributed by atoms with Crippen molar-refractivity contribution in [3.8, 4) is 11.5 Å². The number of aryl methyl sites for hydroxylation is 1. The van der Waals surface area contributed by atoms with Gasteiger partial charge in [-0.05, 0) is 41.6 Å². The number of benzene rings is 1. The van der Waals surface area contributed by atoms with E-state index < -0.39 is 10.0 Å². The Balaban J connectivity index is 1.93. The maximum Gasteiger partial charge on any atom is 0.250 e. The highest BCUT2D eigenvalue weighted by Gasteiger charge is 2.15. The molecule has 0 aliphatic heterocycles. The summed E-state index contributed by atoms with van der Waals surface area (Å²) in [4.78, 5) is 6.23. The summed E-state index contributed by atoms with van der Waals surface area (Å²) in [7, 11) is 3.37. The zero-order chi connectivity index (χ0) is 21.4. The number of rotatable bonds is 9. The van der Waals surface area contributed by atoms with Gasteiger partial charge in [-0.15, -0.1) is 11.3 Å². The molecule has 0 saturated carbocycles. The first-order valence-corrected chi connectivity index (χ1v) is 11.3. The fraction of sp³-hybridized carbons (Fsp3) is 0.421. The minimum Gasteiger partial charge on any atom is -0.493 e. The van der Waals surface area contributed by atoms with Crippen LogP contribution in [0.4, 0.5) is 0 Å². The third-order valence-electron chi connectivity index (χ3n) is 4.28. The molecule has 0 unspecified atom stereocenters. The lowest BCUT2D eigenvalue weighted by Crippen LogP contribution is -2.42. The third-order valence-corrected chi connectivity index (χ3v) is 7.14. The van der Waals surface area contributed by atoms with E-state index in [9.17, 15) is 8.42 Å². The smallest absolute Gasteiger partial charge is 0.250 e. The minimum atomic E-state index is -3.46. The second-order valence-corrected chi connectivity index (χ2v) is 9.24. The van der Waals surface area contributed by atoms with Crippen LogP contribution in [0, 0.1) is 6.92 Å². The average molecular weight is 441 g/mol. The van der Waals surface area contributed by atoms with Crippen molar-refractivity contribution < 1.29 is 17.9 Å². The van der Waals surface area contributed by atoms with Crippen molar-refractivity contribution >= 4 is 27.3 Å². The van der Waals surface area contributed by atoms with E-state index in [1.807, 2.05) is 31.0 Å². The fourth-order valence-corrected chi connectivity index (χ4v) is 4.82. The number of sulfonamides is 1. The highest BCUT2D eigenvalue weighted by atomic mass is 32.2. The molecular weight excluding hydrogens is 412 g/mol. The van der Waals surface area contributed by atoms with E-state index in [-0.39, 0.29) is 6.54 Å². The van der Waals surface area contributed by atoms with Crippen LogP contribution in [-0.2, 0) is 16.6 Å². The van der Waals surface area contributed by atoms with Gasteiger partial charge in [0.2, 0.25) is 10.0 Å². The molecule has 1 aromatic carbocycles. The summed E-state index contributed by atoms with van der Waals surface area (Å²) in [5.41, 5.74) is 2.15. The average Bonchev–Trinajstić information content (AvgIpc) is 3.25. The maximum atomic E-state index is 12.1. The van der Waals surface area contributed by atoms with E-state index in [0.717, 1.165) is 11.1 Å². The van der Waals surface area contributed by atoms with Crippen LogP contribution in [0.15, 0.2) is 38.8 Å². The molecule has 0 radical (unpaired) electrons. The number of aliphatic imine (C=N–C) groups is 1. The predicted molar refractivity (Wildman–Crippen MR) is 117 cm³/mol. The van der Waals surface area contributed by atoms with Crippen molar-refractivity contribution in [1.29, 1.82) is 0 Å². The van der Waals surface area contributed by atoms with Gasteiger partial charge in [0.25, 0.3) is 0 Å². The fourth-order valence-electron chi connectivity index (χ4n) is 2.76. The van der Waals surface area contributed by atoms with E-state index in [0.29, 0.717) is 34.8 Å². The number of hydrogen-bond donors (Lipinski definition) is 2. The van der Waals surface area contributed by atoms with Gasteiger partial charge < -0.3 is 19.7 Å². The van der Waals surface area contributed by atoms with Crippen molar-refractivity contribution in [2.45, 2.75) is 17.7 Å². The van der Waals surface area contributed by atoms with E-state index in [1.54, 1.807) is 38.8 Å². The predicted octanol–water partition coefficient (Wildman–Crippen LogP) is 2.06. The molecule has 8 nitrogen and oxygen atoms in total. The maximum absolute atomic E-state index is 12.1. The van der Waals surface area contributed by atoms with Gasteiger partial charge in [-0.3, -0.25) is 4.99 Å². The van der Waals surface area contributed by atoms with Crippen molar-refractivity contribution in [3.05, 3.63) is 40.8 Å². The number of methoxy groups -OCH3 is 2. The quantitative estimate of drug-likeness (QED) is 0.352. The van der Waals surface area contributed by atoms with Crippen molar-refractivity contribution in [2.75, 3.05) is 41.4 Å². The van der Waals surface area contributed by atoms with Gasteiger partial charge in [0, 0.05) is 33.7 Å². The van der Waals surface area contributed by atoms with Gasteiger partial charge in [0.15, 0.2) is 17.5 Å². The highest BCUT2D eigenvalue weighted by molar-refractivity contribution is 7.91. The van der Waals surface area contributed by atoms with Gasteiger partial charge >= 0.3 is 0 Å². The first-order valence-electron chi connectivity index (χ1n) is 8.98. The van der Waals surface area contributed by atoms with Crippen LogP contribution in [0.2, 0.25) is 0 Å². The summed E-state index contributed by atoms with van der Waals surface area (Å²) in [5, 5.41) is 4.91. The molecule has 10 heteroatoms. The molecule has 0 aliphatic rings. The molecule has 0 spiro atoms. The second-order valence-electron chi connectivity index (χ2n) is 6.29. The Kier molecular flexibility index (Phi) is 8.30. The molecule has 2 aromatic rings. The summed E-state index contributed by atoms with van der Waals surface area (Å²) < 4.78 is 37.9. The molecule has 2 N–H and O–H groups in total. The normalized spacial score (nSPS) is 12.0. The number of nitrogens with one attached hydrogen (secondary N) is 2. The van der Waals surface area contributed by atoms with Crippen molar-refractivity contribution in [2.24, 2.45) is 4.99 Å². The molecule has 0 bridgehead atoms. The van der Waals surface area contributed by atoms with Crippen LogP contribution in [0.5, 0.6) is 11.5 Å². The Bertz CT molecular complexity index is 928. The van der Waals surface area contributed by atoms with Crippen LogP contribution < -0.4 is 19.5 Å². The molecule has 2 rings (SSSR count). The van der Waals surface area contributed by atoms with Gasteiger partial charge in [-0.1, -0.05) is 6.07 Å². The summed E-state index contributed by atoms with van der Waals surface area (Å²) in [6, 6.07) is 7.19. The van der Waals surface area contributed by atoms with Crippen LogP contribution in [0.3, 0.4) is 0 Å². The molecular formula is C19H28N4O4S2. The minimum absolute atomic E-state index is 0.252. The number of nitrogens with zero attached hydrogens (tertiary/aromatic N) is 2. The van der Waals surface area contributed by atoms with Crippen LogP contribution >= 0.6 is 11.3 Å². The first kappa shape index (κ1) is 23.0. The van der Waals surface area contributed by atoms with Gasteiger partial charge in [0.1, 0.15) is 4.21 Å².